The molecule has 1 atom stereocenters. The van der Waals surface area contributed by atoms with E-state index in [0.29, 0.717) is 16.9 Å². The molecule has 6 nitrogen and oxygen atoms in total. The molecule has 1 amide bonds. The first-order valence-corrected chi connectivity index (χ1v) is 11.9. The summed E-state index contributed by atoms with van der Waals surface area (Å²) in [6.45, 7) is 6.19. The monoisotopic (exact) mass is 463 g/mol. The van der Waals surface area contributed by atoms with Crippen molar-refractivity contribution in [2.75, 3.05) is 7.11 Å². The van der Waals surface area contributed by atoms with Crippen LogP contribution in [-0.4, -0.2) is 40.0 Å². The molecule has 1 unspecified atom stereocenters. The molecule has 34 heavy (non-hydrogen) atoms. The van der Waals surface area contributed by atoms with E-state index in [1.54, 1.807) is 35.2 Å². The first kappa shape index (κ1) is 23.9. The lowest BCUT2D eigenvalue weighted by molar-refractivity contribution is -0.141. The van der Waals surface area contributed by atoms with Gasteiger partial charge in [0.1, 0.15) is 17.3 Å². The van der Waals surface area contributed by atoms with E-state index >= 15 is 0 Å². The second kappa shape index (κ2) is 9.16. The Morgan fingerprint density at radius 2 is 1.74 bits per heavy atom. The molecule has 2 aromatic rings. The van der Waals surface area contributed by atoms with Crippen LogP contribution < -0.4 is 4.74 Å². The van der Waals surface area contributed by atoms with Crippen LogP contribution in [0.3, 0.4) is 0 Å². The van der Waals surface area contributed by atoms with E-state index in [1.807, 2.05) is 12.1 Å². The van der Waals surface area contributed by atoms with Crippen LogP contribution in [0.4, 0.5) is 0 Å². The molecule has 1 saturated carbocycles. The summed E-state index contributed by atoms with van der Waals surface area (Å²) in [5.41, 5.74) is 1.77. The van der Waals surface area contributed by atoms with Crippen LogP contribution in [0.2, 0.25) is 0 Å². The second-order valence-electron chi connectivity index (χ2n) is 10.3. The van der Waals surface area contributed by atoms with Gasteiger partial charge in [0, 0.05) is 6.04 Å². The standard InChI is InChI=1S/C28H33NO5/c1-28(2,3)18-13-14-22(34-4)21(16-18)25(31)23-24(17-9-8-12-20(30)15-17)29(27(33)26(23)32)19-10-6-5-7-11-19/h8-9,12-16,19,24,30-31H,5-7,10-11H2,1-4H3/b25-23+. The lowest BCUT2D eigenvalue weighted by Crippen LogP contribution is -2.40. The van der Waals surface area contributed by atoms with Gasteiger partial charge in [-0.15, -0.1) is 0 Å². The van der Waals surface area contributed by atoms with Crippen molar-refractivity contribution < 1.29 is 24.5 Å². The number of ketones is 1. The minimum Gasteiger partial charge on any atom is -0.508 e. The van der Waals surface area contributed by atoms with Crippen molar-refractivity contribution >= 4 is 17.4 Å². The van der Waals surface area contributed by atoms with Gasteiger partial charge in [0.15, 0.2) is 0 Å². The Morgan fingerprint density at radius 3 is 2.35 bits per heavy atom. The van der Waals surface area contributed by atoms with Crippen molar-refractivity contribution in [2.24, 2.45) is 0 Å². The highest BCUT2D eigenvalue weighted by Crippen LogP contribution is 2.45. The van der Waals surface area contributed by atoms with Crippen LogP contribution in [0.25, 0.3) is 5.76 Å². The zero-order valence-corrected chi connectivity index (χ0v) is 20.3. The topological polar surface area (TPSA) is 87.1 Å². The number of amides is 1. The van der Waals surface area contributed by atoms with Gasteiger partial charge in [-0.25, -0.2) is 0 Å². The van der Waals surface area contributed by atoms with Crippen molar-refractivity contribution in [1.82, 2.24) is 4.90 Å². The summed E-state index contributed by atoms with van der Waals surface area (Å²) in [7, 11) is 1.51. The van der Waals surface area contributed by atoms with E-state index in [1.165, 1.54) is 7.11 Å². The molecule has 0 bridgehead atoms. The van der Waals surface area contributed by atoms with Crippen LogP contribution in [0.1, 0.15) is 75.6 Å². The Kier molecular flexibility index (Phi) is 6.43. The number of likely N-dealkylation sites (tertiary alicyclic amines) is 1. The average Bonchev–Trinajstić information content (AvgIpc) is 3.08. The molecule has 1 aliphatic heterocycles. The quantitative estimate of drug-likeness (QED) is 0.358. The molecule has 6 heteroatoms. The molecule has 1 aliphatic carbocycles. The Bertz CT molecular complexity index is 1140. The third kappa shape index (κ3) is 4.29. The first-order chi connectivity index (χ1) is 16.1. The highest BCUT2D eigenvalue weighted by molar-refractivity contribution is 6.46. The smallest absolute Gasteiger partial charge is 0.295 e. The van der Waals surface area contributed by atoms with E-state index in [4.69, 9.17) is 4.74 Å². The number of ether oxygens (including phenoxy) is 1. The average molecular weight is 464 g/mol. The largest absolute Gasteiger partial charge is 0.508 e. The number of rotatable bonds is 4. The van der Waals surface area contributed by atoms with E-state index in [-0.39, 0.29) is 28.5 Å². The fraction of sp³-hybridized carbons (Fsp3) is 0.429. The number of hydrogen-bond donors (Lipinski definition) is 2. The summed E-state index contributed by atoms with van der Waals surface area (Å²) in [6.07, 6.45) is 4.70. The summed E-state index contributed by atoms with van der Waals surface area (Å²) in [5.74, 6) is -1.11. The summed E-state index contributed by atoms with van der Waals surface area (Å²) >= 11 is 0. The van der Waals surface area contributed by atoms with Crippen LogP contribution in [0.5, 0.6) is 11.5 Å². The van der Waals surface area contributed by atoms with E-state index < -0.39 is 17.7 Å². The molecular weight excluding hydrogens is 430 g/mol. The van der Waals surface area contributed by atoms with Crippen LogP contribution in [0.15, 0.2) is 48.0 Å². The Morgan fingerprint density at radius 1 is 1.03 bits per heavy atom. The summed E-state index contributed by atoms with van der Waals surface area (Å²) in [4.78, 5) is 28.4. The van der Waals surface area contributed by atoms with Crippen LogP contribution in [0, 0.1) is 0 Å². The van der Waals surface area contributed by atoms with Gasteiger partial charge in [-0.2, -0.15) is 0 Å². The number of hydrogen-bond acceptors (Lipinski definition) is 5. The first-order valence-electron chi connectivity index (χ1n) is 11.9. The normalized spacial score (nSPS) is 21.2. The predicted molar refractivity (Wildman–Crippen MR) is 131 cm³/mol. The molecule has 2 N–H and O–H groups in total. The van der Waals surface area contributed by atoms with Gasteiger partial charge in [-0.05, 0) is 53.6 Å². The Hall–Kier alpha value is -3.28. The molecular formula is C28H33NO5. The maximum Gasteiger partial charge on any atom is 0.295 e. The number of Topliss-reactive ketones (excluding diaryl/α,β-unsaturated/α-hetero) is 1. The van der Waals surface area contributed by atoms with Gasteiger partial charge in [-0.3, -0.25) is 9.59 Å². The summed E-state index contributed by atoms with van der Waals surface area (Å²) in [5, 5.41) is 21.7. The minimum absolute atomic E-state index is 0.0329. The molecule has 4 rings (SSSR count). The number of aliphatic hydroxyl groups excluding tert-OH is 1. The number of phenols is 1. The van der Waals surface area contributed by atoms with Crippen molar-refractivity contribution in [3.8, 4) is 11.5 Å². The van der Waals surface area contributed by atoms with Gasteiger partial charge in [0.05, 0.1) is 24.3 Å². The van der Waals surface area contributed by atoms with Crippen molar-refractivity contribution in [3.63, 3.8) is 0 Å². The lowest BCUT2D eigenvalue weighted by atomic mass is 9.85. The third-order valence-corrected chi connectivity index (χ3v) is 6.95. The van der Waals surface area contributed by atoms with Crippen molar-refractivity contribution in [2.45, 2.75) is 70.4 Å². The maximum atomic E-state index is 13.4. The van der Waals surface area contributed by atoms with E-state index in [2.05, 4.69) is 20.8 Å². The summed E-state index contributed by atoms with van der Waals surface area (Å²) in [6, 6.07) is 11.2. The second-order valence-corrected chi connectivity index (χ2v) is 10.3. The van der Waals surface area contributed by atoms with E-state index in [0.717, 1.165) is 37.7 Å². The Balaban J connectivity index is 1.94. The van der Waals surface area contributed by atoms with Gasteiger partial charge in [0.2, 0.25) is 0 Å². The molecule has 180 valence electrons. The fourth-order valence-corrected chi connectivity index (χ4v) is 5.11. The number of methoxy groups -OCH3 is 1. The van der Waals surface area contributed by atoms with Crippen molar-refractivity contribution in [3.05, 3.63) is 64.7 Å². The zero-order valence-electron chi connectivity index (χ0n) is 20.3. The van der Waals surface area contributed by atoms with Gasteiger partial charge >= 0.3 is 0 Å². The molecule has 1 saturated heterocycles. The van der Waals surface area contributed by atoms with Gasteiger partial charge < -0.3 is 19.8 Å². The number of aromatic hydroxyl groups is 1. The number of benzene rings is 2. The van der Waals surface area contributed by atoms with E-state index in [9.17, 15) is 19.8 Å². The predicted octanol–water partition coefficient (Wildman–Crippen LogP) is 5.45. The number of phenolic OH excluding ortho intramolecular Hbond substituents is 1. The fourth-order valence-electron chi connectivity index (χ4n) is 5.11. The number of carbonyl (C=O) groups is 2. The molecule has 0 radical (unpaired) electrons. The van der Waals surface area contributed by atoms with Gasteiger partial charge in [-0.1, -0.05) is 58.2 Å². The number of aliphatic hydroxyl groups is 1. The van der Waals surface area contributed by atoms with Gasteiger partial charge in [0.25, 0.3) is 11.7 Å². The highest BCUT2D eigenvalue weighted by Gasteiger charge is 2.49. The highest BCUT2D eigenvalue weighted by atomic mass is 16.5. The summed E-state index contributed by atoms with van der Waals surface area (Å²) < 4.78 is 5.52. The molecule has 0 aromatic heterocycles. The maximum absolute atomic E-state index is 13.4. The molecule has 2 aliphatic rings. The SMILES string of the molecule is COc1ccc(C(C)(C)C)cc1/C(O)=C1\C(=O)C(=O)N(C2CCCCC2)C1c1cccc(O)c1. The number of carbonyl (C=O) groups excluding carboxylic acids is 2. The van der Waals surface area contributed by atoms with Crippen LogP contribution in [-0.2, 0) is 15.0 Å². The zero-order chi connectivity index (χ0) is 24.6. The molecule has 1 heterocycles. The molecule has 0 spiro atoms. The third-order valence-electron chi connectivity index (χ3n) is 6.95. The van der Waals surface area contributed by atoms with Crippen molar-refractivity contribution in [1.29, 1.82) is 0 Å². The lowest BCUT2D eigenvalue weighted by Gasteiger charge is -2.35. The van der Waals surface area contributed by atoms with Crippen LogP contribution >= 0.6 is 0 Å². The minimum atomic E-state index is -0.779. The Labute approximate surface area is 200 Å². The molecule has 2 aromatic carbocycles. The molecule has 2 fully saturated rings. The number of nitrogens with zero attached hydrogens (tertiary/aromatic N) is 1.